The molecule has 1 fully saturated rings. The van der Waals surface area contributed by atoms with E-state index in [1.54, 1.807) is 0 Å². The van der Waals surface area contributed by atoms with Crippen molar-refractivity contribution < 1.29 is 0 Å². The third kappa shape index (κ3) is 3.73. The first-order valence-electron chi connectivity index (χ1n) is 9.28. The smallest absolute Gasteiger partial charge is 0.156 e. The van der Waals surface area contributed by atoms with Gasteiger partial charge >= 0.3 is 0 Å². The van der Waals surface area contributed by atoms with Crippen LogP contribution in [-0.2, 0) is 11.8 Å². The highest BCUT2D eigenvalue weighted by Crippen LogP contribution is 2.29. The largest absolute Gasteiger partial charge is 0.355 e. The molecule has 0 unspecified atom stereocenters. The number of anilines is 1. The van der Waals surface area contributed by atoms with E-state index in [0.29, 0.717) is 0 Å². The van der Waals surface area contributed by atoms with E-state index in [2.05, 4.69) is 63.2 Å². The van der Waals surface area contributed by atoms with E-state index in [4.69, 9.17) is 10.1 Å². The van der Waals surface area contributed by atoms with Crippen LogP contribution < -0.4 is 4.90 Å². The molecule has 0 radical (unpaired) electrons. The lowest BCUT2D eigenvalue weighted by Crippen LogP contribution is -2.32. The average molecular weight is 329 g/mol. The second-order valence-corrected chi connectivity index (χ2v) is 9.47. The van der Waals surface area contributed by atoms with Gasteiger partial charge < -0.3 is 4.90 Å². The fourth-order valence-electron chi connectivity index (χ4n) is 3.40. The number of hydrogen-bond donors (Lipinski definition) is 0. The molecule has 24 heavy (non-hydrogen) atoms. The Balaban J connectivity index is 2.11. The highest BCUT2D eigenvalue weighted by Gasteiger charge is 2.24. The van der Waals surface area contributed by atoms with E-state index in [1.165, 1.54) is 24.8 Å². The summed E-state index contributed by atoms with van der Waals surface area (Å²) < 4.78 is 2.07. The van der Waals surface area contributed by atoms with E-state index in [9.17, 15) is 0 Å². The van der Waals surface area contributed by atoms with Crippen molar-refractivity contribution in [3.8, 4) is 0 Å². The topological polar surface area (TPSA) is 33.4 Å². The van der Waals surface area contributed by atoms with E-state index in [-0.39, 0.29) is 10.8 Å². The fraction of sp³-hybridized carbons (Fsp3) is 0.700. The highest BCUT2D eigenvalue weighted by molar-refractivity contribution is 5.70. The third-order valence-corrected chi connectivity index (χ3v) is 4.56. The Morgan fingerprint density at radius 1 is 1.00 bits per heavy atom. The zero-order chi connectivity index (χ0) is 17.5. The van der Waals surface area contributed by atoms with Crippen molar-refractivity contribution >= 4 is 11.3 Å². The van der Waals surface area contributed by atoms with Crippen LogP contribution in [0.3, 0.4) is 0 Å². The monoisotopic (exact) mass is 328 g/mol. The normalized spacial score (nSPS) is 16.8. The van der Waals surface area contributed by atoms with Crippen molar-refractivity contribution in [2.75, 3.05) is 18.0 Å². The molecule has 0 aromatic carbocycles. The second-order valence-electron chi connectivity index (χ2n) is 9.47. The van der Waals surface area contributed by atoms with Crippen molar-refractivity contribution in [1.82, 2.24) is 14.6 Å². The first-order valence-corrected chi connectivity index (χ1v) is 9.28. The molecule has 3 rings (SSSR count). The van der Waals surface area contributed by atoms with Crippen LogP contribution in [0.2, 0.25) is 0 Å². The quantitative estimate of drug-likeness (QED) is 0.807. The Morgan fingerprint density at radius 2 is 1.67 bits per heavy atom. The maximum atomic E-state index is 5.00. The molecule has 0 atom stereocenters. The van der Waals surface area contributed by atoms with Gasteiger partial charge in [0.25, 0.3) is 0 Å². The molecule has 4 heteroatoms. The van der Waals surface area contributed by atoms with Crippen molar-refractivity contribution in [2.24, 2.45) is 5.41 Å². The molecule has 0 N–H and O–H groups in total. The van der Waals surface area contributed by atoms with Gasteiger partial charge in [0, 0.05) is 24.7 Å². The van der Waals surface area contributed by atoms with Gasteiger partial charge in [0.15, 0.2) is 11.6 Å². The Bertz CT molecular complexity index is 710. The average Bonchev–Trinajstić information content (AvgIpc) is 2.86. The summed E-state index contributed by atoms with van der Waals surface area (Å²) in [5.41, 5.74) is 2.73. The van der Waals surface area contributed by atoms with Gasteiger partial charge in [0.2, 0.25) is 0 Å². The maximum absolute atomic E-state index is 5.00. The van der Waals surface area contributed by atoms with E-state index in [1.807, 2.05) is 0 Å². The minimum absolute atomic E-state index is 0.0484. The Hall–Kier alpha value is -1.58. The predicted octanol–water partition coefficient (Wildman–Crippen LogP) is 4.61. The SMILES string of the molecule is CC(C)(C)Cc1cc2c(N3CCCCC3)nc(C(C)(C)C)nn2c1. The molecule has 4 nitrogen and oxygen atoms in total. The van der Waals surface area contributed by atoms with E-state index < -0.39 is 0 Å². The first-order chi connectivity index (χ1) is 11.1. The standard InChI is InChI=1S/C20H32N4/c1-19(2,3)13-15-12-16-17(23-10-8-7-9-11-23)21-18(20(4,5)6)22-24(16)14-15/h12,14H,7-11,13H2,1-6H3. The zero-order valence-electron chi connectivity index (χ0n) is 16.2. The number of piperidine rings is 1. The van der Waals surface area contributed by atoms with Crippen LogP contribution in [0.1, 0.15) is 72.2 Å². The number of hydrogen-bond acceptors (Lipinski definition) is 3. The summed E-state index contributed by atoms with van der Waals surface area (Å²) in [5, 5.41) is 4.83. The molecule has 0 bridgehead atoms. The van der Waals surface area contributed by atoms with Crippen molar-refractivity contribution in [1.29, 1.82) is 0 Å². The lowest BCUT2D eigenvalue weighted by Gasteiger charge is -2.29. The highest BCUT2D eigenvalue weighted by atomic mass is 15.3. The lowest BCUT2D eigenvalue weighted by atomic mass is 9.89. The van der Waals surface area contributed by atoms with Gasteiger partial charge in [-0.25, -0.2) is 9.50 Å². The Kier molecular flexibility index (Phi) is 4.35. The molecule has 1 saturated heterocycles. The van der Waals surface area contributed by atoms with Gasteiger partial charge in [-0.1, -0.05) is 41.5 Å². The van der Waals surface area contributed by atoms with E-state index in [0.717, 1.165) is 36.7 Å². The summed E-state index contributed by atoms with van der Waals surface area (Å²) in [6.45, 7) is 15.6. The summed E-state index contributed by atoms with van der Waals surface area (Å²) >= 11 is 0. The van der Waals surface area contributed by atoms with Gasteiger partial charge in [0.1, 0.15) is 5.52 Å². The van der Waals surface area contributed by atoms with Crippen LogP contribution >= 0.6 is 0 Å². The summed E-state index contributed by atoms with van der Waals surface area (Å²) in [6.07, 6.45) is 7.11. The molecule has 132 valence electrons. The number of aromatic nitrogens is 3. The van der Waals surface area contributed by atoms with E-state index >= 15 is 0 Å². The van der Waals surface area contributed by atoms with Crippen molar-refractivity contribution in [3.05, 3.63) is 23.7 Å². The molecule has 3 heterocycles. The molecule has 0 saturated carbocycles. The zero-order valence-corrected chi connectivity index (χ0v) is 16.2. The first kappa shape index (κ1) is 17.2. The van der Waals surface area contributed by atoms with Gasteiger partial charge in [-0.3, -0.25) is 0 Å². The van der Waals surface area contributed by atoms with Gasteiger partial charge in [-0.05, 0) is 42.7 Å². The number of rotatable bonds is 2. The van der Waals surface area contributed by atoms with Crippen LogP contribution in [0.4, 0.5) is 5.82 Å². The Morgan fingerprint density at radius 3 is 2.25 bits per heavy atom. The molecular weight excluding hydrogens is 296 g/mol. The lowest BCUT2D eigenvalue weighted by molar-refractivity contribution is 0.411. The van der Waals surface area contributed by atoms with Crippen LogP contribution in [0.25, 0.3) is 5.52 Å². The van der Waals surface area contributed by atoms with Gasteiger partial charge in [-0.15, -0.1) is 0 Å². The molecule has 0 aliphatic carbocycles. The summed E-state index contributed by atoms with van der Waals surface area (Å²) in [5.74, 6) is 2.04. The summed E-state index contributed by atoms with van der Waals surface area (Å²) in [6, 6.07) is 2.29. The molecule has 0 spiro atoms. The van der Waals surface area contributed by atoms with Gasteiger partial charge in [-0.2, -0.15) is 5.10 Å². The molecule has 1 aliphatic heterocycles. The molecule has 2 aromatic heterocycles. The Labute approximate surface area is 146 Å². The molecule has 0 amide bonds. The van der Waals surface area contributed by atoms with Crippen LogP contribution in [0.15, 0.2) is 12.3 Å². The van der Waals surface area contributed by atoms with Crippen molar-refractivity contribution in [3.63, 3.8) is 0 Å². The molecular formula is C20H32N4. The second kappa shape index (κ2) is 6.05. The summed E-state index contributed by atoms with van der Waals surface area (Å²) in [7, 11) is 0. The number of nitrogens with zero attached hydrogens (tertiary/aromatic N) is 4. The molecule has 1 aliphatic rings. The van der Waals surface area contributed by atoms with Crippen LogP contribution in [0, 0.1) is 5.41 Å². The fourth-order valence-corrected chi connectivity index (χ4v) is 3.40. The van der Waals surface area contributed by atoms with Gasteiger partial charge in [0.05, 0.1) is 0 Å². The minimum Gasteiger partial charge on any atom is -0.355 e. The predicted molar refractivity (Wildman–Crippen MR) is 101 cm³/mol. The summed E-state index contributed by atoms with van der Waals surface area (Å²) in [4.78, 5) is 7.45. The third-order valence-electron chi connectivity index (χ3n) is 4.56. The number of fused-ring (bicyclic) bond motifs is 1. The molecule has 2 aromatic rings. The maximum Gasteiger partial charge on any atom is 0.156 e. The van der Waals surface area contributed by atoms with Crippen LogP contribution in [-0.4, -0.2) is 27.7 Å². The minimum atomic E-state index is -0.0484. The van der Waals surface area contributed by atoms with Crippen molar-refractivity contribution in [2.45, 2.75) is 72.6 Å². The van der Waals surface area contributed by atoms with Crippen LogP contribution in [0.5, 0.6) is 0 Å².